The Morgan fingerprint density at radius 2 is 1.76 bits per heavy atom. The molecular weight excluding hydrogens is 240 g/mol. The number of nitrogens with two attached hydrogens (primary N) is 1. The standard InChI is InChI=1S/C11H24N2O3S/c1-13(9-10-17(2,15)16)11(14)7-5-3-4-6-8-12/h3-10,12H2,1-2H3. The van der Waals surface area contributed by atoms with Crippen LogP contribution in [-0.4, -0.2) is 51.4 Å². The van der Waals surface area contributed by atoms with Gasteiger partial charge in [-0.15, -0.1) is 0 Å². The van der Waals surface area contributed by atoms with Crippen LogP contribution >= 0.6 is 0 Å². The smallest absolute Gasteiger partial charge is 0.222 e. The summed E-state index contributed by atoms with van der Waals surface area (Å²) in [6, 6.07) is 0. The zero-order valence-electron chi connectivity index (χ0n) is 10.8. The van der Waals surface area contributed by atoms with E-state index in [1.54, 1.807) is 7.05 Å². The van der Waals surface area contributed by atoms with Gasteiger partial charge in [0.2, 0.25) is 5.91 Å². The maximum atomic E-state index is 11.6. The van der Waals surface area contributed by atoms with Crippen LogP contribution in [0.25, 0.3) is 0 Å². The van der Waals surface area contributed by atoms with Crippen LogP contribution in [-0.2, 0) is 14.6 Å². The average Bonchev–Trinajstić information content (AvgIpc) is 2.24. The van der Waals surface area contributed by atoms with E-state index in [1.165, 1.54) is 11.2 Å². The molecule has 0 bridgehead atoms. The molecule has 0 aromatic carbocycles. The Bertz CT molecular complexity index is 315. The fraction of sp³-hybridized carbons (Fsp3) is 0.909. The summed E-state index contributed by atoms with van der Waals surface area (Å²) in [5.41, 5.74) is 5.37. The minimum absolute atomic E-state index is 0.0152. The van der Waals surface area contributed by atoms with Crippen molar-refractivity contribution in [2.75, 3.05) is 32.1 Å². The lowest BCUT2D eigenvalue weighted by atomic mass is 10.1. The lowest BCUT2D eigenvalue weighted by molar-refractivity contribution is -0.129. The van der Waals surface area contributed by atoms with Crippen molar-refractivity contribution in [2.24, 2.45) is 5.73 Å². The summed E-state index contributed by atoms with van der Waals surface area (Å²) in [6.45, 7) is 0.975. The van der Waals surface area contributed by atoms with E-state index in [0.717, 1.165) is 25.7 Å². The molecular formula is C11H24N2O3S. The van der Waals surface area contributed by atoms with E-state index in [2.05, 4.69) is 0 Å². The molecule has 0 saturated carbocycles. The second-order valence-electron chi connectivity index (χ2n) is 4.40. The largest absolute Gasteiger partial charge is 0.345 e. The van der Waals surface area contributed by atoms with Crippen LogP contribution in [0.1, 0.15) is 32.1 Å². The van der Waals surface area contributed by atoms with Crippen molar-refractivity contribution in [3.8, 4) is 0 Å². The molecule has 0 rings (SSSR count). The third-order valence-electron chi connectivity index (χ3n) is 2.57. The van der Waals surface area contributed by atoms with E-state index in [1.807, 2.05) is 0 Å². The van der Waals surface area contributed by atoms with Crippen molar-refractivity contribution < 1.29 is 13.2 Å². The fourth-order valence-electron chi connectivity index (χ4n) is 1.39. The molecule has 0 aliphatic rings. The number of amides is 1. The minimum Gasteiger partial charge on any atom is -0.345 e. The molecule has 0 aliphatic heterocycles. The summed E-state index contributed by atoms with van der Waals surface area (Å²) in [6.07, 6.45) is 5.57. The molecule has 0 unspecified atom stereocenters. The normalized spacial score (nSPS) is 11.5. The van der Waals surface area contributed by atoms with E-state index in [9.17, 15) is 13.2 Å². The molecule has 0 atom stereocenters. The highest BCUT2D eigenvalue weighted by molar-refractivity contribution is 7.90. The molecule has 0 aromatic rings. The Morgan fingerprint density at radius 3 is 2.29 bits per heavy atom. The van der Waals surface area contributed by atoms with Gasteiger partial charge in [0.25, 0.3) is 0 Å². The van der Waals surface area contributed by atoms with Gasteiger partial charge in [-0.3, -0.25) is 4.79 Å². The van der Waals surface area contributed by atoms with Gasteiger partial charge < -0.3 is 10.6 Å². The number of sulfone groups is 1. The number of unbranched alkanes of at least 4 members (excludes halogenated alkanes) is 3. The van der Waals surface area contributed by atoms with E-state index in [-0.39, 0.29) is 18.2 Å². The molecule has 102 valence electrons. The number of nitrogens with zero attached hydrogens (tertiary/aromatic N) is 1. The van der Waals surface area contributed by atoms with Gasteiger partial charge in [0.15, 0.2) is 0 Å². The average molecular weight is 264 g/mol. The summed E-state index contributed by atoms with van der Waals surface area (Å²) < 4.78 is 21.9. The Kier molecular flexibility index (Phi) is 8.16. The first kappa shape index (κ1) is 16.4. The second-order valence-corrected chi connectivity index (χ2v) is 6.66. The molecule has 5 nitrogen and oxygen atoms in total. The van der Waals surface area contributed by atoms with Gasteiger partial charge in [-0.25, -0.2) is 8.42 Å². The molecule has 0 heterocycles. The van der Waals surface area contributed by atoms with Gasteiger partial charge in [0, 0.05) is 26.3 Å². The molecule has 6 heteroatoms. The Morgan fingerprint density at radius 1 is 1.18 bits per heavy atom. The van der Waals surface area contributed by atoms with Gasteiger partial charge in [0.05, 0.1) is 5.75 Å². The van der Waals surface area contributed by atoms with Crippen LogP contribution in [0.4, 0.5) is 0 Å². The van der Waals surface area contributed by atoms with Crippen LogP contribution in [0, 0.1) is 0 Å². The molecule has 1 amide bonds. The Hall–Kier alpha value is -0.620. The van der Waals surface area contributed by atoms with Crippen molar-refractivity contribution in [3.63, 3.8) is 0 Å². The van der Waals surface area contributed by atoms with Gasteiger partial charge in [-0.05, 0) is 19.4 Å². The molecule has 2 N–H and O–H groups in total. The Balaban J connectivity index is 3.68. The fourth-order valence-corrected chi connectivity index (χ4v) is 2.00. The molecule has 0 spiro atoms. The van der Waals surface area contributed by atoms with E-state index >= 15 is 0 Å². The van der Waals surface area contributed by atoms with Crippen LogP contribution in [0.5, 0.6) is 0 Å². The Labute approximate surface area is 104 Å². The molecule has 17 heavy (non-hydrogen) atoms. The van der Waals surface area contributed by atoms with Crippen LogP contribution in [0.15, 0.2) is 0 Å². The van der Waals surface area contributed by atoms with Gasteiger partial charge in [-0.2, -0.15) is 0 Å². The molecule has 0 fully saturated rings. The topological polar surface area (TPSA) is 80.5 Å². The number of carbonyl (C=O) groups excluding carboxylic acids is 1. The summed E-state index contributed by atoms with van der Waals surface area (Å²) in [5, 5.41) is 0. The third kappa shape index (κ3) is 10.3. The van der Waals surface area contributed by atoms with Crippen molar-refractivity contribution in [1.82, 2.24) is 4.90 Å². The molecule has 0 saturated heterocycles. The van der Waals surface area contributed by atoms with E-state index in [4.69, 9.17) is 5.73 Å². The van der Waals surface area contributed by atoms with Gasteiger partial charge in [-0.1, -0.05) is 12.8 Å². The molecule has 0 radical (unpaired) electrons. The maximum absolute atomic E-state index is 11.6. The lowest BCUT2D eigenvalue weighted by Gasteiger charge is -2.16. The summed E-state index contributed by atoms with van der Waals surface area (Å²) >= 11 is 0. The highest BCUT2D eigenvalue weighted by atomic mass is 32.2. The summed E-state index contributed by atoms with van der Waals surface area (Å²) in [7, 11) is -1.35. The van der Waals surface area contributed by atoms with E-state index in [0.29, 0.717) is 13.0 Å². The first-order valence-corrected chi connectivity index (χ1v) is 8.04. The van der Waals surface area contributed by atoms with Gasteiger partial charge >= 0.3 is 0 Å². The van der Waals surface area contributed by atoms with Crippen molar-refractivity contribution >= 4 is 15.7 Å². The lowest BCUT2D eigenvalue weighted by Crippen LogP contribution is -2.31. The van der Waals surface area contributed by atoms with Crippen LogP contribution in [0.2, 0.25) is 0 Å². The quantitative estimate of drug-likeness (QED) is 0.611. The highest BCUT2D eigenvalue weighted by Crippen LogP contribution is 2.04. The first-order chi connectivity index (χ1) is 7.87. The zero-order valence-corrected chi connectivity index (χ0v) is 11.6. The second kappa shape index (κ2) is 8.47. The van der Waals surface area contributed by atoms with Crippen LogP contribution in [0.3, 0.4) is 0 Å². The maximum Gasteiger partial charge on any atom is 0.222 e. The number of hydrogen-bond donors (Lipinski definition) is 1. The van der Waals surface area contributed by atoms with E-state index < -0.39 is 9.84 Å². The molecule has 0 aliphatic carbocycles. The van der Waals surface area contributed by atoms with Gasteiger partial charge in [0.1, 0.15) is 9.84 Å². The SMILES string of the molecule is CN(CCS(C)(=O)=O)C(=O)CCCCCCN. The first-order valence-electron chi connectivity index (χ1n) is 5.98. The predicted molar refractivity (Wildman–Crippen MR) is 69.5 cm³/mol. The zero-order chi connectivity index (χ0) is 13.3. The van der Waals surface area contributed by atoms with Crippen molar-refractivity contribution in [1.29, 1.82) is 0 Å². The highest BCUT2D eigenvalue weighted by Gasteiger charge is 2.10. The van der Waals surface area contributed by atoms with Crippen LogP contribution < -0.4 is 5.73 Å². The number of rotatable bonds is 9. The monoisotopic (exact) mass is 264 g/mol. The van der Waals surface area contributed by atoms with Crippen molar-refractivity contribution in [2.45, 2.75) is 32.1 Å². The number of carbonyl (C=O) groups is 1. The number of hydrogen-bond acceptors (Lipinski definition) is 4. The predicted octanol–water partition coefficient (Wildman–Crippen LogP) is 0.399. The summed E-state index contributed by atoms with van der Waals surface area (Å²) in [5.74, 6) is 0.0454. The van der Waals surface area contributed by atoms with Crippen molar-refractivity contribution in [3.05, 3.63) is 0 Å². The molecule has 0 aromatic heterocycles. The third-order valence-corrected chi connectivity index (χ3v) is 3.49. The summed E-state index contributed by atoms with van der Waals surface area (Å²) in [4.78, 5) is 13.1. The minimum atomic E-state index is -2.99.